The van der Waals surface area contributed by atoms with Gasteiger partial charge in [0.1, 0.15) is 10.4 Å². The second kappa shape index (κ2) is 5.79. The number of halogens is 1. The smallest absolute Gasteiger partial charge is 0.257 e. The number of anilines is 1. The third-order valence-electron chi connectivity index (χ3n) is 2.80. The molecule has 5 nitrogen and oxygen atoms in total. The highest BCUT2D eigenvalue weighted by Crippen LogP contribution is 2.29. The molecule has 3 rings (SSSR count). The largest absolute Gasteiger partial charge is 0.497 e. The number of pyridine rings is 1. The predicted octanol–water partition coefficient (Wildman–Crippen LogP) is 3.71. The van der Waals surface area contributed by atoms with Gasteiger partial charge in [0.15, 0.2) is 5.13 Å². The number of aromatic nitrogens is 2. The summed E-state index contributed by atoms with van der Waals surface area (Å²) in [6, 6.07) is 8.91. The molecule has 0 saturated heterocycles. The first-order valence-electron chi connectivity index (χ1n) is 6.03. The van der Waals surface area contributed by atoms with Crippen LogP contribution < -0.4 is 10.1 Å². The molecule has 21 heavy (non-hydrogen) atoms. The molecule has 1 N–H and O–H groups in total. The molecule has 0 aliphatic heterocycles. The van der Waals surface area contributed by atoms with Crippen LogP contribution in [0.2, 0.25) is 0 Å². The number of methoxy groups -OCH3 is 1. The molecule has 3 aromatic rings. The van der Waals surface area contributed by atoms with Crippen molar-refractivity contribution in [1.29, 1.82) is 0 Å². The summed E-state index contributed by atoms with van der Waals surface area (Å²) in [5, 5.41) is 3.34. The first-order valence-corrected chi connectivity index (χ1v) is 7.64. The minimum atomic E-state index is -0.218. The Kier molecular flexibility index (Phi) is 3.85. The van der Waals surface area contributed by atoms with E-state index in [1.807, 2.05) is 18.2 Å². The number of amides is 1. The topological polar surface area (TPSA) is 64.1 Å². The van der Waals surface area contributed by atoms with E-state index in [1.165, 1.54) is 11.3 Å². The average molecular weight is 364 g/mol. The Morgan fingerprint density at radius 2 is 2.19 bits per heavy atom. The molecule has 0 fully saturated rings. The average Bonchev–Trinajstić information content (AvgIpc) is 2.88. The van der Waals surface area contributed by atoms with Crippen LogP contribution in [0.4, 0.5) is 5.13 Å². The fourth-order valence-electron chi connectivity index (χ4n) is 1.80. The van der Waals surface area contributed by atoms with Crippen molar-refractivity contribution >= 4 is 48.5 Å². The van der Waals surface area contributed by atoms with Crippen molar-refractivity contribution < 1.29 is 9.53 Å². The third-order valence-corrected chi connectivity index (χ3v) is 4.17. The van der Waals surface area contributed by atoms with Gasteiger partial charge in [0.05, 0.1) is 17.3 Å². The predicted molar refractivity (Wildman–Crippen MR) is 86.1 cm³/mol. The van der Waals surface area contributed by atoms with Crippen LogP contribution in [0.15, 0.2) is 41.1 Å². The maximum atomic E-state index is 12.1. The Morgan fingerprint density at radius 3 is 2.95 bits per heavy atom. The number of ether oxygens (including phenoxy) is 1. The molecule has 106 valence electrons. The van der Waals surface area contributed by atoms with Gasteiger partial charge in [-0.15, -0.1) is 0 Å². The summed E-state index contributed by atoms with van der Waals surface area (Å²) >= 11 is 4.65. The van der Waals surface area contributed by atoms with Crippen molar-refractivity contribution in [2.75, 3.05) is 12.4 Å². The standard InChI is InChI=1S/C14H10BrN3O2S/c1-20-9-2-3-10-11(7-9)21-14(17-10)18-13(19)8-4-5-16-12(15)6-8/h2-7H,1H3,(H,17,18,19). The van der Waals surface area contributed by atoms with Gasteiger partial charge in [0.25, 0.3) is 5.91 Å². The number of rotatable bonds is 3. The van der Waals surface area contributed by atoms with Gasteiger partial charge in [-0.1, -0.05) is 11.3 Å². The first kappa shape index (κ1) is 14.0. The monoisotopic (exact) mass is 363 g/mol. The van der Waals surface area contributed by atoms with Gasteiger partial charge in [0, 0.05) is 11.8 Å². The SMILES string of the molecule is COc1ccc2nc(NC(=O)c3ccnc(Br)c3)sc2c1. The van der Waals surface area contributed by atoms with Crippen molar-refractivity contribution in [3.05, 3.63) is 46.7 Å². The van der Waals surface area contributed by atoms with E-state index in [1.54, 1.807) is 25.4 Å². The van der Waals surface area contributed by atoms with Gasteiger partial charge in [-0.3, -0.25) is 10.1 Å². The van der Waals surface area contributed by atoms with E-state index < -0.39 is 0 Å². The number of hydrogen-bond donors (Lipinski definition) is 1. The number of carbonyl (C=O) groups is 1. The van der Waals surface area contributed by atoms with Crippen LogP contribution >= 0.6 is 27.3 Å². The number of fused-ring (bicyclic) bond motifs is 1. The lowest BCUT2D eigenvalue weighted by Gasteiger charge is -2.01. The van der Waals surface area contributed by atoms with Crippen LogP contribution in [0.3, 0.4) is 0 Å². The van der Waals surface area contributed by atoms with Crippen LogP contribution in [0.1, 0.15) is 10.4 Å². The number of carbonyl (C=O) groups excluding carboxylic acids is 1. The zero-order valence-electron chi connectivity index (χ0n) is 11.0. The molecule has 0 bridgehead atoms. The normalized spacial score (nSPS) is 10.6. The molecule has 0 radical (unpaired) electrons. The maximum Gasteiger partial charge on any atom is 0.257 e. The third kappa shape index (κ3) is 3.03. The molecule has 0 spiro atoms. The molecule has 1 aromatic carbocycles. The lowest BCUT2D eigenvalue weighted by molar-refractivity contribution is 0.102. The molecule has 0 unspecified atom stereocenters. The number of hydrogen-bond acceptors (Lipinski definition) is 5. The van der Waals surface area contributed by atoms with E-state index in [0.717, 1.165) is 16.0 Å². The Labute approximate surface area is 133 Å². The molecule has 7 heteroatoms. The van der Waals surface area contributed by atoms with Crippen LogP contribution in [-0.2, 0) is 0 Å². The summed E-state index contributed by atoms with van der Waals surface area (Å²) in [7, 11) is 1.62. The van der Waals surface area contributed by atoms with Gasteiger partial charge >= 0.3 is 0 Å². The highest BCUT2D eigenvalue weighted by Gasteiger charge is 2.11. The zero-order chi connectivity index (χ0) is 14.8. The fourth-order valence-corrected chi connectivity index (χ4v) is 3.05. The highest BCUT2D eigenvalue weighted by molar-refractivity contribution is 9.10. The second-order valence-corrected chi connectivity index (χ2v) is 6.02. The number of benzene rings is 1. The summed E-state index contributed by atoms with van der Waals surface area (Å²) in [6.07, 6.45) is 1.57. The zero-order valence-corrected chi connectivity index (χ0v) is 13.4. The summed E-state index contributed by atoms with van der Waals surface area (Å²) in [6.45, 7) is 0. The maximum absolute atomic E-state index is 12.1. The molecule has 0 atom stereocenters. The molecular formula is C14H10BrN3O2S. The van der Waals surface area contributed by atoms with E-state index in [-0.39, 0.29) is 5.91 Å². The van der Waals surface area contributed by atoms with Crippen molar-refractivity contribution in [1.82, 2.24) is 9.97 Å². The van der Waals surface area contributed by atoms with Crippen LogP contribution in [0.5, 0.6) is 5.75 Å². The quantitative estimate of drug-likeness (QED) is 0.720. The van der Waals surface area contributed by atoms with E-state index in [0.29, 0.717) is 15.3 Å². The van der Waals surface area contributed by atoms with Gasteiger partial charge in [-0.25, -0.2) is 9.97 Å². The summed E-state index contributed by atoms with van der Waals surface area (Å²) < 4.78 is 6.75. The Bertz CT molecular complexity index is 819. The molecule has 0 aliphatic rings. The summed E-state index contributed by atoms with van der Waals surface area (Å²) in [5.74, 6) is 0.547. The molecule has 0 saturated carbocycles. The van der Waals surface area contributed by atoms with Crippen LogP contribution in [-0.4, -0.2) is 23.0 Å². The molecular weight excluding hydrogens is 354 g/mol. The Hall–Kier alpha value is -1.99. The number of nitrogens with one attached hydrogen (secondary N) is 1. The van der Waals surface area contributed by atoms with Crippen molar-refractivity contribution in [2.45, 2.75) is 0 Å². The van der Waals surface area contributed by atoms with E-state index in [9.17, 15) is 4.79 Å². The Balaban J connectivity index is 1.86. The molecule has 0 aliphatic carbocycles. The lowest BCUT2D eigenvalue weighted by atomic mass is 10.2. The van der Waals surface area contributed by atoms with Crippen molar-refractivity contribution in [3.63, 3.8) is 0 Å². The number of thiazole rings is 1. The summed E-state index contributed by atoms with van der Waals surface area (Å²) in [4.78, 5) is 20.5. The first-order chi connectivity index (χ1) is 10.2. The minimum Gasteiger partial charge on any atom is -0.497 e. The molecule has 1 amide bonds. The van der Waals surface area contributed by atoms with E-state index in [2.05, 4.69) is 31.2 Å². The van der Waals surface area contributed by atoms with E-state index >= 15 is 0 Å². The van der Waals surface area contributed by atoms with Gasteiger partial charge < -0.3 is 4.74 Å². The van der Waals surface area contributed by atoms with Gasteiger partial charge in [-0.2, -0.15) is 0 Å². The fraction of sp³-hybridized carbons (Fsp3) is 0.0714. The van der Waals surface area contributed by atoms with Gasteiger partial charge in [0.2, 0.25) is 0 Å². The minimum absolute atomic E-state index is 0.218. The van der Waals surface area contributed by atoms with Gasteiger partial charge in [-0.05, 0) is 46.3 Å². The lowest BCUT2D eigenvalue weighted by Crippen LogP contribution is -2.11. The highest BCUT2D eigenvalue weighted by atomic mass is 79.9. The summed E-state index contributed by atoms with van der Waals surface area (Å²) in [5.41, 5.74) is 1.35. The van der Waals surface area contributed by atoms with Crippen LogP contribution in [0.25, 0.3) is 10.2 Å². The molecule has 2 aromatic heterocycles. The second-order valence-electron chi connectivity index (χ2n) is 4.17. The molecule has 2 heterocycles. The van der Waals surface area contributed by atoms with E-state index in [4.69, 9.17) is 4.74 Å². The van der Waals surface area contributed by atoms with Crippen molar-refractivity contribution in [3.8, 4) is 5.75 Å². The van der Waals surface area contributed by atoms with Crippen LogP contribution in [0, 0.1) is 0 Å². The number of nitrogens with zero attached hydrogens (tertiary/aromatic N) is 2. The van der Waals surface area contributed by atoms with Crippen molar-refractivity contribution in [2.24, 2.45) is 0 Å². The Morgan fingerprint density at radius 1 is 1.33 bits per heavy atom.